The second-order valence-corrected chi connectivity index (χ2v) is 5.62. The van der Waals surface area contributed by atoms with Crippen molar-refractivity contribution in [2.24, 2.45) is 0 Å². The van der Waals surface area contributed by atoms with Crippen LogP contribution >= 0.6 is 15.9 Å². The monoisotopic (exact) mass is 326 g/mol. The zero-order chi connectivity index (χ0) is 13.8. The fourth-order valence-electron chi connectivity index (χ4n) is 2.43. The number of hydrogen-bond donors (Lipinski definition) is 0. The SMILES string of the molecule is O=CC1CCCCN1Cc1ccc(Br)cc1[N+](=O)[O-]. The quantitative estimate of drug-likeness (QED) is 0.485. The molecule has 0 aliphatic carbocycles. The lowest BCUT2D eigenvalue weighted by molar-refractivity contribution is -0.385. The second kappa shape index (κ2) is 6.25. The molecule has 0 radical (unpaired) electrons. The van der Waals surface area contributed by atoms with Gasteiger partial charge in [0.2, 0.25) is 0 Å². The zero-order valence-electron chi connectivity index (χ0n) is 10.4. The highest BCUT2D eigenvalue weighted by Crippen LogP contribution is 2.27. The first-order chi connectivity index (χ1) is 9.11. The van der Waals surface area contributed by atoms with E-state index in [-0.39, 0.29) is 16.7 Å². The van der Waals surface area contributed by atoms with Gasteiger partial charge in [-0.3, -0.25) is 15.0 Å². The Balaban J connectivity index is 2.22. The highest BCUT2D eigenvalue weighted by molar-refractivity contribution is 9.10. The lowest BCUT2D eigenvalue weighted by Gasteiger charge is -2.32. The van der Waals surface area contributed by atoms with Crippen molar-refractivity contribution < 1.29 is 9.72 Å². The minimum absolute atomic E-state index is 0.101. The third kappa shape index (κ3) is 3.39. The molecule has 1 saturated heterocycles. The van der Waals surface area contributed by atoms with E-state index >= 15 is 0 Å². The van der Waals surface area contributed by atoms with E-state index in [1.54, 1.807) is 12.1 Å². The molecule has 6 heteroatoms. The molecule has 5 nitrogen and oxygen atoms in total. The third-order valence-corrected chi connectivity index (χ3v) is 3.93. The van der Waals surface area contributed by atoms with Gasteiger partial charge in [0, 0.05) is 22.6 Å². The van der Waals surface area contributed by atoms with Crippen molar-refractivity contribution >= 4 is 27.9 Å². The summed E-state index contributed by atoms with van der Waals surface area (Å²) in [5.74, 6) is 0. The van der Waals surface area contributed by atoms with E-state index in [4.69, 9.17) is 0 Å². The van der Waals surface area contributed by atoms with E-state index in [2.05, 4.69) is 15.9 Å². The maximum Gasteiger partial charge on any atom is 0.275 e. The van der Waals surface area contributed by atoms with Gasteiger partial charge in [-0.2, -0.15) is 0 Å². The summed E-state index contributed by atoms with van der Waals surface area (Å²) in [6.45, 7) is 1.27. The molecule has 19 heavy (non-hydrogen) atoms. The molecule has 0 N–H and O–H groups in total. The van der Waals surface area contributed by atoms with Crippen LogP contribution in [0.3, 0.4) is 0 Å². The van der Waals surface area contributed by atoms with Crippen LogP contribution in [0.2, 0.25) is 0 Å². The van der Waals surface area contributed by atoms with E-state index < -0.39 is 0 Å². The van der Waals surface area contributed by atoms with Gasteiger partial charge in [-0.1, -0.05) is 22.4 Å². The van der Waals surface area contributed by atoms with Gasteiger partial charge in [-0.25, -0.2) is 0 Å². The lowest BCUT2D eigenvalue weighted by Crippen LogP contribution is -2.39. The number of nitro benzene ring substituents is 1. The highest BCUT2D eigenvalue weighted by Gasteiger charge is 2.24. The van der Waals surface area contributed by atoms with Crippen molar-refractivity contribution in [3.8, 4) is 0 Å². The van der Waals surface area contributed by atoms with Crippen LogP contribution < -0.4 is 0 Å². The zero-order valence-corrected chi connectivity index (χ0v) is 12.0. The van der Waals surface area contributed by atoms with Crippen LogP contribution in [0.5, 0.6) is 0 Å². The number of aldehydes is 1. The molecule has 0 spiro atoms. The molecule has 1 aliphatic heterocycles. The minimum atomic E-state index is -0.375. The van der Waals surface area contributed by atoms with Crippen LogP contribution in [-0.4, -0.2) is 28.7 Å². The van der Waals surface area contributed by atoms with Crippen LogP contribution in [0.1, 0.15) is 24.8 Å². The van der Waals surface area contributed by atoms with Gasteiger partial charge in [0.25, 0.3) is 5.69 Å². The van der Waals surface area contributed by atoms with Crippen molar-refractivity contribution in [3.05, 3.63) is 38.3 Å². The molecular weight excluding hydrogens is 312 g/mol. The van der Waals surface area contributed by atoms with Crippen molar-refractivity contribution in [1.29, 1.82) is 0 Å². The number of nitro groups is 1. The Kier molecular flexibility index (Phi) is 4.66. The Morgan fingerprint density at radius 1 is 1.47 bits per heavy atom. The number of carbonyl (C=O) groups excluding carboxylic acids is 1. The summed E-state index contributed by atoms with van der Waals surface area (Å²) in [6, 6.07) is 4.94. The van der Waals surface area contributed by atoms with E-state index in [0.29, 0.717) is 16.6 Å². The summed E-state index contributed by atoms with van der Waals surface area (Å²) in [4.78, 5) is 23.8. The van der Waals surface area contributed by atoms with Crippen molar-refractivity contribution in [1.82, 2.24) is 4.90 Å². The third-order valence-electron chi connectivity index (χ3n) is 3.44. The molecule has 0 bridgehead atoms. The molecule has 1 aliphatic rings. The summed E-state index contributed by atoms with van der Waals surface area (Å²) < 4.78 is 0.688. The standard InChI is InChI=1S/C13H15BrN2O3/c14-11-5-4-10(13(7-11)16(18)19)8-15-6-2-1-3-12(15)9-17/h4-5,7,9,12H,1-3,6,8H2. The number of nitrogens with zero attached hydrogens (tertiary/aromatic N) is 2. The Morgan fingerprint density at radius 2 is 2.26 bits per heavy atom. The molecule has 0 amide bonds. The molecular formula is C13H15BrN2O3. The maximum atomic E-state index is 11.1. The van der Waals surface area contributed by atoms with Gasteiger partial charge in [-0.05, 0) is 31.5 Å². The molecule has 1 heterocycles. The molecule has 0 aromatic heterocycles. The number of piperidine rings is 1. The normalized spacial score (nSPS) is 20.2. The lowest BCUT2D eigenvalue weighted by atomic mass is 10.0. The van der Waals surface area contributed by atoms with E-state index in [1.807, 2.05) is 4.90 Å². The van der Waals surface area contributed by atoms with Crippen molar-refractivity contribution in [2.45, 2.75) is 31.8 Å². The summed E-state index contributed by atoms with van der Waals surface area (Å²) in [5, 5.41) is 11.1. The van der Waals surface area contributed by atoms with Crippen LogP contribution in [0.15, 0.2) is 22.7 Å². The minimum Gasteiger partial charge on any atom is -0.302 e. The van der Waals surface area contributed by atoms with Gasteiger partial charge in [0.15, 0.2) is 0 Å². The first-order valence-corrected chi connectivity index (χ1v) is 7.03. The number of rotatable bonds is 4. The highest BCUT2D eigenvalue weighted by atomic mass is 79.9. The van der Waals surface area contributed by atoms with E-state index in [9.17, 15) is 14.9 Å². The molecule has 1 unspecified atom stereocenters. The molecule has 102 valence electrons. The molecule has 1 atom stereocenters. The summed E-state index contributed by atoms with van der Waals surface area (Å²) in [6.07, 6.45) is 3.87. The van der Waals surface area contributed by atoms with Gasteiger partial charge < -0.3 is 4.79 Å². The Labute approximate surface area is 119 Å². The number of carbonyl (C=O) groups is 1. The average molecular weight is 327 g/mol. The van der Waals surface area contributed by atoms with E-state index in [1.165, 1.54) is 6.07 Å². The van der Waals surface area contributed by atoms with Gasteiger partial charge in [0.1, 0.15) is 6.29 Å². The van der Waals surface area contributed by atoms with Gasteiger partial charge in [-0.15, -0.1) is 0 Å². The Morgan fingerprint density at radius 3 is 2.95 bits per heavy atom. The number of halogens is 1. The summed E-state index contributed by atoms with van der Waals surface area (Å²) in [7, 11) is 0. The smallest absolute Gasteiger partial charge is 0.275 e. The first-order valence-electron chi connectivity index (χ1n) is 6.24. The van der Waals surface area contributed by atoms with Crippen LogP contribution in [0.4, 0.5) is 5.69 Å². The van der Waals surface area contributed by atoms with Crippen molar-refractivity contribution in [3.63, 3.8) is 0 Å². The number of benzene rings is 1. The van der Waals surface area contributed by atoms with Crippen LogP contribution in [0, 0.1) is 10.1 Å². The molecule has 0 saturated carbocycles. The fourth-order valence-corrected chi connectivity index (χ4v) is 2.78. The Hall–Kier alpha value is -1.27. The first kappa shape index (κ1) is 14.1. The van der Waals surface area contributed by atoms with Gasteiger partial charge >= 0.3 is 0 Å². The van der Waals surface area contributed by atoms with Crippen molar-refractivity contribution in [2.75, 3.05) is 6.54 Å². The number of hydrogen-bond acceptors (Lipinski definition) is 4. The molecule has 1 fully saturated rings. The van der Waals surface area contributed by atoms with Crippen LogP contribution in [-0.2, 0) is 11.3 Å². The van der Waals surface area contributed by atoms with Crippen LogP contribution in [0.25, 0.3) is 0 Å². The largest absolute Gasteiger partial charge is 0.302 e. The summed E-state index contributed by atoms with van der Waals surface area (Å²) in [5.41, 5.74) is 0.756. The van der Waals surface area contributed by atoms with E-state index in [0.717, 1.165) is 32.1 Å². The van der Waals surface area contributed by atoms with Gasteiger partial charge in [0.05, 0.1) is 11.0 Å². The predicted molar refractivity (Wildman–Crippen MR) is 74.9 cm³/mol. The predicted octanol–water partition coefficient (Wildman–Crippen LogP) is 2.91. The topological polar surface area (TPSA) is 63.5 Å². The fraction of sp³-hybridized carbons (Fsp3) is 0.462. The molecule has 1 aromatic carbocycles. The Bertz CT molecular complexity index is 493. The second-order valence-electron chi connectivity index (χ2n) is 4.70. The average Bonchev–Trinajstić information content (AvgIpc) is 2.41. The molecule has 2 rings (SSSR count). The maximum absolute atomic E-state index is 11.1. The number of likely N-dealkylation sites (tertiary alicyclic amines) is 1. The molecule has 1 aromatic rings. The summed E-state index contributed by atoms with van der Waals surface area (Å²) >= 11 is 3.24.